The number of rotatable bonds is 2. The third-order valence-corrected chi connectivity index (χ3v) is 5.77. The van der Waals surface area contributed by atoms with Crippen molar-refractivity contribution in [2.45, 2.75) is 57.7 Å². The van der Waals surface area contributed by atoms with Crippen LogP contribution in [0.2, 0.25) is 0 Å². The molecule has 3 aliphatic rings. The van der Waals surface area contributed by atoms with Gasteiger partial charge in [0, 0.05) is 11.8 Å². The van der Waals surface area contributed by atoms with Gasteiger partial charge in [-0.3, -0.25) is 0 Å². The molecule has 0 aromatic rings. The lowest BCUT2D eigenvalue weighted by molar-refractivity contribution is -0.282. The second kappa shape index (κ2) is 4.64. The van der Waals surface area contributed by atoms with Gasteiger partial charge in [0.2, 0.25) is 0 Å². The predicted octanol–water partition coefficient (Wildman–Crippen LogP) is 3.91. The smallest absolute Gasteiger partial charge is 0.174 e. The van der Waals surface area contributed by atoms with Crippen molar-refractivity contribution < 1.29 is 9.47 Å². The Balaban J connectivity index is 1.90. The number of hydrogen-bond donors (Lipinski definition) is 0. The van der Waals surface area contributed by atoms with Crippen molar-refractivity contribution in [2.75, 3.05) is 13.2 Å². The summed E-state index contributed by atoms with van der Waals surface area (Å²) in [5.74, 6) is 1.30. The van der Waals surface area contributed by atoms with E-state index in [1.807, 2.05) is 0 Å². The summed E-state index contributed by atoms with van der Waals surface area (Å²) < 4.78 is 12.3. The fourth-order valence-electron chi connectivity index (χ4n) is 4.93. The molecule has 1 spiro atoms. The van der Waals surface area contributed by atoms with Gasteiger partial charge in [0.05, 0.1) is 13.2 Å². The molecule has 3 atom stereocenters. The van der Waals surface area contributed by atoms with Crippen molar-refractivity contribution in [1.29, 1.82) is 0 Å². The topological polar surface area (TPSA) is 18.5 Å². The van der Waals surface area contributed by atoms with Crippen molar-refractivity contribution in [3.8, 4) is 0 Å². The molecular formula is C16H26O2. The molecule has 3 rings (SSSR count). The van der Waals surface area contributed by atoms with Gasteiger partial charge in [-0.25, -0.2) is 0 Å². The van der Waals surface area contributed by atoms with Gasteiger partial charge in [0.15, 0.2) is 5.79 Å². The van der Waals surface area contributed by atoms with Gasteiger partial charge in [0.25, 0.3) is 0 Å². The van der Waals surface area contributed by atoms with Crippen molar-refractivity contribution in [3.05, 3.63) is 12.7 Å². The van der Waals surface area contributed by atoms with Gasteiger partial charge >= 0.3 is 0 Å². The molecule has 2 saturated carbocycles. The molecule has 0 aromatic heterocycles. The molecule has 0 radical (unpaired) electrons. The summed E-state index contributed by atoms with van der Waals surface area (Å²) in [6.45, 7) is 7.94. The molecule has 2 aliphatic carbocycles. The number of hydrogen-bond acceptors (Lipinski definition) is 2. The Morgan fingerprint density at radius 2 is 1.89 bits per heavy atom. The van der Waals surface area contributed by atoms with E-state index in [1.54, 1.807) is 0 Å². The van der Waals surface area contributed by atoms with E-state index in [0.29, 0.717) is 0 Å². The maximum Gasteiger partial charge on any atom is 0.174 e. The van der Waals surface area contributed by atoms with E-state index in [0.717, 1.165) is 37.9 Å². The lowest BCUT2D eigenvalue weighted by atomic mass is 9.53. The third-order valence-electron chi connectivity index (χ3n) is 5.77. The zero-order valence-corrected chi connectivity index (χ0v) is 11.6. The highest BCUT2D eigenvalue weighted by atomic mass is 16.7. The Kier molecular flexibility index (Phi) is 3.27. The lowest BCUT2D eigenvalue weighted by Crippen LogP contribution is -2.57. The molecule has 0 amide bonds. The van der Waals surface area contributed by atoms with Crippen LogP contribution in [0.4, 0.5) is 0 Å². The minimum atomic E-state index is -0.254. The molecule has 2 heteroatoms. The summed E-state index contributed by atoms with van der Waals surface area (Å²) >= 11 is 0. The molecule has 3 fully saturated rings. The van der Waals surface area contributed by atoms with Gasteiger partial charge in [-0.15, -0.1) is 6.58 Å². The van der Waals surface area contributed by atoms with Gasteiger partial charge < -0.3 is 9.47 Å². The van der Waals surface area contributed by atoms with E-state index >= 15 is 0 Å². The molecule has 0 unspecified atom stereocenters. The third kappa shape index (κ3) is 1.69. The summed E-state index contributed by atoms with van der Waals surface area (Å²) in [4.78, 5) is 0. The van der Waals surface area contributed by atoms with E-state index in [9.17, 15) is 0 Å². The molecule has 1 saturated heterocycles. The van der Waals surface area contributed by atoms with Crippen molar-refractivity contribution >= 4 is 0 Å². The standard InChI is InChI=1S/C16H26O2/c1-3-6-13-7-4-9-15(2)14(13)8-5-10-16(15)17-11-12-18-16/h3,13-14H,1,4-12H2,2H3/t13-,14+,15+/m0/s1. The minimum Gasteiger partial charge on any atom is -0.347 e. The van der Waals surface area contributed by atoms with Crippen LogP contribution < -0.4 is 0 Å². The first kappa shape index (κ1) is 12.7. The Labute approximate surface area is 111 Å². The van der Waals surface area contributed by atoms with Crippen LogP contribution in [0.3, 0.4) is 0 Å². The molecule has 0 bridgehead atoms. The quantitative estimate of drug-likeness (QED) is 0.692. The largest absolute Gasteiger partial charge is 0.347 e. The summed E-state index contributed by atoms with van der Waals surface area (Å²) in [6, 6.07) is 0. The van der Waals surface area contributed by atoms with Gasteiger partial charge in [-0.1, -0.05) is 19.4 Å². The van der Waals surface area contributed by atoms with Crippen LogP contribution in [0.15, 0.2) is 12.7 Å². The van der Waals surface area contributed by atoms with Gasteiger partial charge in [0.1, 0.15) is 0 Å². The Morgan fingerprint density at radius 3 is 2.61 bits per heavy atom. The highest BCUT2D eigenvalue weighted by Gasteiger charge is 2.60. The van der Waals surface area contributed by atoms with E-state index in [1.165, 1.54) is 32.1 Å². The number of fused-ring (bicyclic) bond motifs is 2. The molecular weight excluding hydrogens is 224 g/mol. The van der Waals surface area contributed by atoms with Crippen LogP contribution in [-0.4, -0.2) is 19.0 Å². The summed E-state index contributed by atoms with van der Waals surface area (Å²) in [7, 11) is 0. The second-order valence-electron chi connectivity index (χ2n) is 6.54. The molecule has 1 heterocycles. The first-order valence-electron chi connectivity index (χ1n) is 7.61. The molecule has 1 aliphatic heterocycles. The first-order valence-corrected chi connectivity index (χ1v) is 7.61. The monoisotopic (exact) mass is 250 g/mol. The van der Waals surface area contributed by atoms with Gasteiger partial charge in [-0.2, -0.15) is 0 Å². The minimum absolute atomic E-state index is 0.230. The van der Waals surface area contributed by atoms with E-state index in [4.69, 9.17) is 9.47 Å². The zero-order chi connectivity index (χ0) is 12.6. The second-order valence-corrected chi connectivity index (χ2v) is 6.54. The average molecular weight is 250 g/mol. The van der Waals surface area contributed by atoms with Crippen LogP contribution in [0, 0.1) is 17.3 Å². The fourth-order valence-corrected chi connectivity index (χ4v) is 4.93. The van der Waals surface area contributed by atoms with Crippen LogP contribution in [0.5, 0.6) is 0 Å². The lowest BCUT2D eigenvalue weighted by Gasteiger charge is -2.57. The zero-order valence-electron chi connectivity index (χ0n) is 11.6. The fraction of sp³-hybridized carbons (Fsp3) is 0.875. The van der Waals surface area contributed by atoms with E-state index in [-0.39, 0.29) is 11.2 Å². The van der Waals surface area contributed by atoms with E-state index < -0.39 is 0 Å². The first-order chi connectivity index (χ1) is 8.72. The summed E-state index contributed by atoms with van der Waals surface area (Å²) in [5, 5.41) is 0. The molecule has 102 valence electrons. The van der Waals surface area contributed by atoms with Crippen LogP contribution >= 0.6 is 0 Å². The summed E-state index contributed by atoms with van der Waals surface area (Å²) in [6.07, 6.45) is 10.9. The molecule has 0 aromatic carbocycles. The summed E-state index contributed by atoms with van der Waals surface area (Å²) in [5.41, 5.74) is 0.230. The Morgan fingerprint density at radius 1 is 1.17 bits per heavy atom. The van der Waals surface area contributed by atoms with Crippen LogP contribution in [-0.2, 0) is 9.47 Å². The average Bonchev–Trinajstić information content (AvgIpc) is 2.82. The molecule has 0 N–H and O–H groups in total. The van der Waals surface area contributed by atoms with Gasteiger partial charge in [-0.05, 0) is 43.9 Å². The SMILES string of the molecule is C=CC[C@H]1CCC[C@]2(C)[C@@H]1CCCC21OCCO1. The number of ether oxygens (including phenoxy) is 2. The maximum atomic E-state index is 6.13. The highest BCUT2D eigenvalue weighted by molar-refractivity contribution is 5.05. The van der Waals surface area contributed by atoms with Crippen LogP contribution in [0.1, 0.15) is 51.9 Å². The van der Waals surface area contributed by atoms with Crippen molar-refractivity contribution in [2.24, 2.45) is 17.3 Å². The van der Waals surface area contributed by atoms with E-state index in [2.05, 4.69) is 19.6 Å². The van der Waals surface area contributed by atoms with Crippen LogP contribution in [0.25, 0.3) is 0 Å². The highest BCUT2D eigenvalue weighted by Crippen LogP contribution is 2.60. The Bertz CT molecular complexity index is 319. The maximum absolute atomic E-state index is 6.13. The molecule has 18 heavy (non-hydrogen) atoms. The normalized spacial score (nSPS) is 42.7. The Hall–Kier alpha value is -0.340. The van der Waals surface area contributed by atoms with Crippen molar-refractivity contribution in [3.63, 3.8) is 0 Å². The number of allylic oxidation sites excluding steroid dienone is 1. The molecule has 2 nitrogen and oxygen atoms in total. The van der Waals surface area contributed by atoms with Crippen molar-refractivity contribution in [1.82, 2.24) is 0 Å². The predicted molar refractivity (Wildman–Crippen MR) is 72.2 cm³/mol.